The third-order valence-electron chi connectivity index (χ3n) is 8.19. The van der Waals surface area contributed by atoms with E-state index in [2.05, 4.69) is 28.3 Å². The summed E-state index contributed by atoms with van der Waals surface area (Å²) < 4.78 is 5.85. The number of carbonyl (C=O) groups excluding carboxylic acids is 2. The van der Waals surface area contributed by atoms with Crippen molar-refractivity contribution in [1.82, 2.24) is 20.1 Å². The molecule has 9 heteroatoms. The first-order chi connectivity index (χ1) is 20.0. The molecule has 9 nitrogen and oxygen atoms in total. The fourth-order valence-corrected chi connectivity index (χ4v) is 5.90. The van der Waals surface area contributed by atoms with Crippen molar-refractivity contribution in [2.75, 3.05) is 51.2 Å². The fourth-order valence-electron chi connectivity index (χ4n) is 5.90. The van der Waals surface area contributed by atoms with Crippen LogP contribution in [0.5, 0.6) is 0 Å². The monoisotopic (exact) mass is 550 g/mol. The molecule has 0 saturated carbocycles. The predicted molar refractivity (Wildman–Crippen MR) is 159 cm³/mol. The molecule has 2 N–H and O–H groups in total. The third kappa shape index (κ3) is 5.36. The lowest BCUT2D eigenvalue weighted by Gasteiger charge is -2.34. The van der Waals surface area contributed by atoms with Gasteiger partial charge in [-0.15, -0.1) is 0 Å². The summed E-state index contributed by atoms with van der Waals surface area (Å²) in [6, 6.07) is 21.0. The minimum atomic E-state index is -0.426. The molecule has 0 unspecified atom stereocenters. The Labute approximate surface area is 239 Å². The second kappa shape index (κ2) is 11.6. The van der Waals surface area contributed by atoms with Crippen molar-refractivity contribution in [2.24, 2.45) is 0 Å². The van der Waals surface area contributed by atoms with Crippen molar-refractivity contribution < 1.29 is 14.3 Å². The zero-order chi connectivity index (χ0) is 28.3. The van der Waals surface area contributed by atoms with Crippen molar-refractivity contribution in [2.45, 2.75) is 25.5 Å². The van der Waals surface area contributed by atoms with Gasteiger partial charge in [0.15, 0.2) is 0 Å². The molecule has 0 aliphatic carbocycles. The van der Waals surface area contributed by atoms with Gasteiger partial charge in [0.2, 0.25) is 0 Å². The zero-order valence-corrected chi connectivity index (χ0v) is 23.2. The van der Waals surface area contributed by atoms with Crippen LogP contribution in [0.25, 0.3) is 21.8 Å². The van der Waals surface area contributed by atoms with Crippen molar-refractivity contribution in [3.8, 4) is 6.07 Å². The van der Waals surface area contributed by atoms with Crippen LogP contribution in [-0.2, 0) is 11.3 Å². The zero-order valence-electron chi connectivity index (χ0n) is 23.2. The number of fused-ring (bicyclic) bond motifs is 3. The van der Waals surface area contributed by atoms with E-state index in [9.17, 15) is 14.9 Å². The first-order valence-corrected chi connectivity index (χ1v) is 14.2. The number of nitriles is 1. The highest BCUT2D eigenvalue weighted by Crippen LogP contribution is 2.38. The highest BCUT2D eigenvalue weighted by atomic mass is 16.6. The fraction of sp³-hybridized carbons (Fsp3) is 0.344. The van der Waals surface area contributed by atoms with E-state index in [-0.39, 0.29) is 18.6 Å². The Morgan fingerprint density at radius 2 is 1.88 bits per heavy atom. The highest BCUT2D eigenvalue weighted by Gasteiger charge is 2.31. The lowest BCUT2D eigenvalue weighted by Crippen LogP contribution is -2.49. The van der Waals surface area contributed by atoms with E-state index in [1.54, 1.807) is 11.0 Å². The van der Waals surface area contributed by atoms with Crippen LogP contribution in [-0.4, -0.2) is 79.1 Å². The third-order valence-corrected chi connectivity index (χ3v) is 8.19. The van der Waals surface area contributed by atoms with E-state index < -0.39 is 6.09 Å². The number of rotatable bonds is 5. The largest absolute Gasteiger partial charge is 0.444 e. The number of benzene rings is 3. The van der Waals surface area contributed by atoms with E-state index in [4.69, 9.17) is 4.74 Å². The molecule has 1 aromatic heterocycles. The summed E-state index contributed by atoms with van der Waals surface area (Å²) in [4.78, 5) is 36.3. The SMILES string of the molecule is CN1CCN(C(=O)c2ccc3c(c2)[nH]c2c(C#N)ccc(N(C(=O)OCc4ccccc4)[C@@H]4CCCNC4)c23)CC1. The molecule has 1 atom stereocenters. The topological polar surface area (TPSA) is 105 Å². The summed E-state index contributed by atoms with van der Waals surface area (Å²) in [6.07, 6.45) is 1.35. The summed E-state index contributed by atoms with van der Waals surface area (Å²) in [5.41, 5.74) is 4.08. The Morgan fingerprint density at radius 1 is 1.07 bits per heavy atom. The van der Waals surface area contributed by atoms with E-state index in [0.717, 1.165) is 54.3 Å². The number of ether oxygens (including phenoxy) is 1. The molecule has 210 valence electrons. The van der Waals surface area contributed by atoms with E-state index >= 15 is 0 Å². The number of anilines is 1. The number of hydrogen-bond acceptors (Lipinski definition) is 6. The second-order valence-electron chi connectivity index (χ2n) is 10.9. The van der Waals surface area contributed by atoms with Gasteiger partial charge in [0, 0.05) is 54.6 Å². The van der Waals surface area contributed by atoms with Crippen LogP contribution >= 0.6 is 0 Å². The van der Waals surface area contributed by atoms with Crippen LogP contribution in [0.1, 0.15) is 34.3 Å². The van der Waals surface area contributed by atoms with Gasteiger partial charge in [-0.25, -0.2) is 4.79 Å². The van der Waals surface area contributed by atoms with Crippen molar-refractivity contribution in [1.29, 1.82) is 5.26 Å². The van der Waals surface area contributed by atoms with Gasteiger partial charge in [-0.2, -0.15) is 5.26 Å². The van der Waals surface area contributed by atoms with Crippen LogP contribution in [0, 0.1) is 11.3 Å². The average molecular weight is 551 g/mol. The van der Waals surface area contributed by atoms with Crippen LogP contribution in [0.15, 0.2) is 60.7 Å². The maximum atomic E-state index is 13.8. The second-order valence-corrected chi connectivity index (χ2v) is 10.9. The normalized spacial score (nSPS) is 17.9. The number of carbonyl (C=O) groups is 2. The Hall–Kier alpha value is -4.39. The molecule has 2 saturated heterocycles. The molecule has 4 aromatic rings. The summed E-state index contributed by atoms with van der Waals surface area (Å²) in [6.45, 7) is 4.80. The Kier molecular flexibility index (Phi) is 7.59. The molecule has 2 amide bonds. The number of aromatic amines is 1. The van der Waals surface area contributed by atoms with Gasteiger partial charge in [-0.05, 0) is 56.3 Å². The number of nitrogens with one attached hydrogen (secondary N) is 2. The van der Waals surface area contributed by atoms with Gasteiger partial charge in [-0.1, -0.05) is 36.4 Å². The van der Waals surface area contributed by atoms with Crippen LogP contribution < -0.4 is 10.2 Å². The molecule has 2 aliphatic rings. The Balaban J connectivity index is 1.41. The summed E-state index contributed by atoms with van der Waals surface area (Å²) in [5, 5.41) is 15.0. The van der Waals surface area contributed by atoms with Gasteiger partial charge < -0.3 is 24.8 Å². The van der Waals surface area contributed by atoms with Gasteiger partial charge >= 0.3 is 6.09 Å². The molecule has 6 rings (SSSR count). The van der Waals surface area contributed by atoms with Gasteiger partial charge in [-0.3, -0.25) is 9.69 Å². The van der Waals surface area contributed by atoms with E-state index in [0.29, 0.717) is 42.0 Å². The number of likely N-dealkylation sites (N-methyl/N-ethyl adjacent to an activating group) is 1. The maximum absolute atomic E-state index is 13.8. The molecule has 3 heterocycles. The number of nitrogens with zero attached hydrogens (tertiary/aromatic N) is 4. The van der Waals surface area contributed by atoms with E-state index in [1.165, 1.54) is 0 Å². The molecule has 0 spiro atoms. The molecular formula is C32H34N6O3. The van der Waals surface area contributed by atoms with Crippen molar-refractivity contribution in [3.05, 3.63) is 77.4 Å². The quantitative estimate of drug-likeness (QED) is 0.380. The molecule has 0 bridgehead atoms. The summed E-state index contributed by atoms with van der Waals surface area (Å²) >= 11 is 0. The summed E-state index contributed by atoms with van der Waals surface area (Å²) in [7, 11) is 2.06. The molecule has 2 fully saturated rings. The number of piperidine rings is 1. The molecule has 41 heavy (non-hydrogen) atoms. The molecule has 3 aromatic carbocycles. The minimum Gasteiger partial charge on any atom is -0.444 e. The van der Waals surface area contributed by atoms with E-state index in [1.807, 2.05) is 59.5 Å². The molecule has 0 radical (unpaired) electrons. The maximum Gasteiger partial charge on any atom is 0.414 e. The smallest absolute Gasteiger partial charge is 0.414 e. The van der Waals surface area contributed by atoms with Gasteiger partial charge in [0.05, 0.1) is 22.8 Å². The first-order valence-electron chi connectivity index (χ1n) is 14.2. The number of hydrogen-bond donors (Lipinski definition) is 2. The standard InChI is InChI=1S/C32H34N6O3/c1-36-14-16-37(17-15-36)31(39)23-9-11-26-27(18-23)35-30-24(19-33)10-12-28(29(26)30)38(25-8-5-13-34-20-25)32(40)41-21-22-6-3-2-4-7-22/h2-4,6-7,9-12,18,25,34-35H,5,8,13-17,20-21H2,1H3/t25-/m1/s1. The van der Waals surface area contributed by atoms with Crippen LogP contribution in [0.4, 0.5) is 10.5 Å². The molecule has 2 aliphatic heterocycles. The Bertz CT molecular complexity index is 1610. The average Bonchev–Trinajstić information content (AvgIpc) is 3.40. The van der Waals surface area contributed by atoms with Crippen LogP contribution in [0.3, 0.4) is 0 Å². The number of amides is 2. The number of H-pyrrole nitrogens is 1. The predicted octanol–water partition coefficient (Wildman–Crippen LogP) is 4.48. The number of piperazine rings is 1. The van der Waals surface area contributed by atoms with Crippen LogP contribution in [0.2, 0.25) is 0 Å². The van der Waals surface area contributed by atoms with Gasteiger partial charge in [0.1, 0.15) is 12.7 Å². The lowest BCUT2D eigenvalue weighted by atomic mass is 10.0. The van der Waals surface area contributed by atoms with Crippen molar-refractivity contribution >= 4 is 39.5 Å². The Morgan fingerprint density at radius 3 is 2.61 bits per heavy atom. The highest BCUT2D eigenvalue weighted by molar-refractivity contribution is 6.18. The minimum absolute atomic E-state index is 0.00113. The number of aromatic nitrogens is 1. The lowest BCUT2D eigenvalue weighted by molar-refractivity contribution is 0.0664. The summed E-state index contributed by atoms with van der Waals surface area (Å²) in [5.74, 6) is -0.00113. The first kappa shape index (κ1) is 26.8. The molecular weight excluding hydrogens is 516 g/mol. The van der Waals surface area contributed by atoms with Crippen molar-refractivity contribution in [3.63, 3.8) is 0 Å². The van der Waals surface area contributed by atoms with Gasteiger partial charge in [0.25, 0.3) is 5.91 Å².